The van der Waals surface area contributed by atoms with Gasteiger partial charge in [0.2, 0.25) is 0 Å². The molecule has 2 aromatic rings. The molecule has 120 valence electrons. The molecule has 0 saturated heterocycles. The van der Waals surface area contributed by atoms with E-state index in [0.717, 1.165) is 29.8 Å². The van der Waals surface area contributed by atoms with Gasteiger partial charge in [0, 0.05) is 17.8 Å². The fourth-order valence-corrected chi connectivity index (χ4v) is 2.94. The van der Waals surface area contributed by atoms with Crippen molar-refractivity contribution < 1.29 is 9.47 Å². The van der Waals surface area contributed by atoms with Gasteiger partial charge in [0.15, 0.2) is 11.5 Å². The van der Waals surface area contributed by atoms with Crippen molar-refractivity contribution in [3.05, 3.63) is 46.0 Å². The molecule has 5 heteroatoms. The number of nitrogens with zero attached hydrogens (tertiary/aromatic N) is 2. The van der Waals surface area contributed by atoms with Crippen LogP contribution in [-0.4, -0.2) is 23.8 Å². The molecule has 0 spiro atoms. The fraction of sp³-hybridized carbons (Fsp3) is 0.333. The van der Waals surface area contributed by atoms with Gasteiger partial charge in [-0.25, -0.2) is 4.98 Å². The zero-order valence-electron chi connectivity index (χ0n) is 13.6. The molecular formula is C18H20N2O3. The van der Waals surface area contributed by atoms with Crippen LogP contribution in [0.25, 0.3) is 17.3 Å². The van der Waals surface area contributed by atoms with Gasteiger partial charge >= 0.3 is 0 Å². The monoisotopic (exact) mass is 312 g/mol. The van der Waals surface area contributed by atoms with Gasteiger partial charge in [-0.3, -0.25) is 4.79 Å². The van der Waals surface area contributed by atoms with Gasteiger partial charge < -0.3 is 14.0 Å². The maximum atomic E-state index is 12.8. The molecule has 1 aromatic carbocycles. The molecule has 1 aromatic heterocycles. The summed E-state index contributed by atoms with van der Waals surface area (Å²) in [5, 5.41) is 0. The summed E-state index contributed by atoms with van der Waals surface area (Å²) in [4.78, 5) is 17.4. The fourth-order valence-electron chi connectivity index (χ4n) is 2.94. The van der Waals surface area contributed by atoms with Gasteiger partial charge in [0.05, 0.1) is 19.9 Å². The number of ether oxygens (including phenoxy) is 2. The first-order chi connectivity index (χ1) is 11.2. The normalized spacial score (nSPS) is 12.8. The lowest BCUT2D eigenvalue weighted by Gasteiger charge is -2.18. The lowest BCUT2D eigenvalue weighted by atomic mass is 10.1. The number of methoxy groups -OCH3 is 2. The average Bonchev–Trinajstić information content (AvgIpc) is 2.60. The summed E-state index contributed by atoms with van der Waals surface area (Å²) in [7, 11) is 3.17. The summed E-state index contributed by atoms with van der Waals surface area (Å²) in [6.45, 7) is 2.62. The molecule has 5 nitrogen and oxygen atoms in total. The van der Waals surface area contributed by atoms with Gasteiger partial charge in [0.25, 0.3) is 5.56 Å². The van der Waals surface area contributed by atoms with Crippen LogP contribution in [0.5, 0.6) is 11.5 Å². The highest BCUT2D eigenvalue weighted by molar-refractivity contribution is 5.65. The van der Waals surface area contributed by atoms with Crippen LogP contribution in [0.1, 0.15) is 24.7 Å². The summed E-state index contributed by atoms with van der Waals surface area (Å²) >= 11 is 0. The Labute approximate surface area is 135 Å². The van der Waals surface area contributed by atoms with Crippen molar-refractivity contribution in [3.8, 4) is 22.8 Å². The number of benzene rings is 1. The first-order valence-electron chi connectivity index (χ1n) is 7.72. The minimum Gasteiger partial charge on any atom is -0.493 e. The molecule has 1 heterocycles. The number of aromatic nitrogens is 2. The summed E-state index contributed by atoms with van der Waals surface area (Å²) < 4.78 is 12.4. The molecule has 0 bridgehead atoms. The van der Waals surface area contributed by atoms with Gasteiger partial charge in [0.1, 0.15) is 5.69 Å². The van der Waals surface area contributed by atoms with Crippen LogP contribution in [0.3, 0.4) is 0 Å². The van der Waals surface area contributed by atoms with E-state index >= 15 is 0 Å². The Kier molecular flexibility index (Phi) is 4.19. The van der Waals surface area contributed by atoms with Gasteiger partial charge in [-0.05, 0) is 44.0 Å². The molecule has 3 rings (SSSR count). The average molecular weight is 312 g/mol. The van der Waals surface area contributed by atoms with Crippen molar-refractivity contribution in [2.24, 2.45) is 0 Å². The standard InChI is InChI=1S/C18H20N2O3/c1-4-20-14-8-6-5-7-13(14)19-17(18(20)21)12-9-10-15(22-2)16(11-12)23-3/h5,7,9-11H,4,6,8H2,1-3H3. The summed E-state index contributed by atoms with van der Waals surface area (Å²) in [5.74, 6) is 1.22. The van der Waals surface area contributed by atoms with Crippen LogP contribution < -0.4 is 15.0 Å². The van der Waals surface area contributed by atoms with E-state index in [0.29, 0.717) is 23.7 Å². The van der Waals surface area contributed by atoms with Gasteiger partial charge in [-0.15, -0.1) is 0 Å². The lowest BCUT2D eigenvalue weighted by molar-refractivity contribution is 0.355. The van der Waals surface area contributed by atoms with Crippen molar-refractivity contribution in [2.75, 3.05) is 14.2 Å². The first kappa shape index (κ1) is 15.3. The Balaban J connectivity index is 2.21. The van der Waals surface area contributed by atoms with Gasteiger partial charge in [-0.1, -0.05) is 6.08 Å². The van der Waals surface area contributed by atoms with Crippen LogP contribution in [0.2, 0.25) is 0 Å². The molecule has 0 radical (unpaired) electrons. The number of fused-ring (bicyclic) bond motifs is 1. The number of hydrogen-bond donors (Lipinski definition) is 0. The first-order valence-corrected chi connectivity index (χ1v) is 7.72. The number of rotatable bonds is 4. The van der Waals surface area contributed by atoms with E-state index in [4.69, 9.17) is 9.47 Å². The third-order valence-corrected chi connectivity index (χ3v) is 4.10. The molecule has 0 saturated carbocycles. The molecule has 0 aliphatic heterocycles. The number of hydrogen-bond acceptors (Lipinski definition) is 4. The summed E-state index contributed by atoms with van der Waals surface area (Å²) in [6.07, 6.45) is 5.89. The third-order valence-electron chi connectivity index (χ3n) is 4.10. The van der Waals surface area contributed by atoms with Crippen molar-refractivity contribution in [3.63, 3.8) is 0 Å². The molecule has 0 amide bonds. The van der Waals surface area contributed by atoms with Crippen molar-refractivity contribution in [1.29, 1.82) is 0 Å². The molecule has 0 unspecified atom stereocenters. The number of allylic oxidation sites excluding steroid dienone is 1. The van der Waals surface area contributed by atoms with Crippen molar-refractivity contribution in [1.82, 2.24) is 9.55 Å². The quantitative estimate of drug-likeness (QED) is 0.871. The SMILES string of the molecule is CCn1c2c(nc(-c3ccc(OC)c(OC)c3)c1=O)C=CCC2. The second-order valence-electron chi connectivity index (χ2n) is 5.35. The van der Waals surface area contributed by atoms with E-state index in [-0.39, 0.29) is 5.56 Å². The zero-order valence-corrected chi connectivity index (χ0v) is 13.6. The van der Waals surface area contributed by atoms with Crippen molar-refractivity contribution >= 4 is 6.08 Å². The molecule has 0 fully saturated rings. The Morgan fingerprint density at radius 1 is 1.22 bits per heavy atom. The van der Waals surface area contributed by atoms with Crippen LogP contribution in [0.4, 0.5) is 0 Å². The zero-order chi connectivity index (χ0) is 16.4. The van der Waals surface area contributed by atoms with E-state index in [1.165, 1.54) is 0 Å². The Morgan fingerprint density at radius 2 is 2.00 bits per heavy atom. The highest BCUT2D eigenvalue weighted by Gasteiger charge is 2.18. The predicted octanol–water partition coefficient (Wildman–Crippen LogP) is 2.91. The predicted molar refractivity (Wildman–Crippen MR) is 90.1 cm³/mol. The van der Waals surface area contributed by atoms with Crippen LogP contribution >= 0.6 is 0 Å². The minimum atomic E-state index is -0.0613. The third kappa shape index (κ3) is 2.63. The minimum absolute atomic E-state index is 0.0613. The van der Waals surface area contributed by atoms with Crippen LogP contribution in [0, 0.1) is 0 Å². The maximum Gasteiger partial charge on any atom is 0.277 e. The molecule has 0 N–H and O–H groups in total. The van der Waals surface area contributed by atoms with E-state index in [1.807, 2.05) is 23.6 Å². The van der Waals surface area contributed by atoms with E-state index < -0.39 is 0 Å². The highest BCUT2D eigenvalue weighted by Crippen LogP contribution is 2.31. The second kappa shape index (κ2) is 6.28. The van der Waals surface area contributed by atoms with Crippen LogP contribution in [0.15, 0.2) is 29.1 Å². The molecule has 1 aliphatic rings. The second-order valence-corrected chi connectivity index (χ2v) is 5.35. The lowest BCUT2D eigenvalue weighted by Crippen LogP contribution is -2.27. The largest absolute Gasteiger partial charge is 0.493 e. The topological polar surface area (TPSA) is 53.4 Å². The van der Waals surface area contributed by atoms with E-state index in [1.54, 1.807) is 26.4 Å². The molecule has 0 atom stereocenters. The molecular weight excluding hydrogens is 292 g/mol. The Hall–Kier alpha value is -2.56. The van der Waals surface area contributed by atoms with Gasteiger partial charge in [-0.2, -0.15) is 0 Å². The Morgan fingerprint density at radius 3 is 2.70 bits per heavy atom. The van der Waals surface area contributed by atoms with E-state index in [9.17, 15) is 4.79 Å². The van der Waals surface area contributed by atoms with Crippen LogP contribution in [-0.2, 0) is 13.0 Å². The summed E-state index contributed by atoms with van der Waals surface area (Å²) in [6, 6.07) is 5.42. The smallest absolute Gasteiger partial charge is 0.277 e. The molecule has 23 heavy (non-hydrogen) atoms. The summed E-state index contributed by atoms with van der Waals surface area (Å²) in [5.41, 5.74) is 3.01. The van der Waals surface area contributed by atoms with E-state index in [2.05, 4.69) is 11.1 Å². The highest BCUT2D eigenvalue weighted by atomic mass is 16.5. The van der Waals surface area contributed by atoms with Crippen molar-refractivity contribution in [2.45, 2.75) is 26.3 Å². The Bertz CT molecular complexity index is 822. The maximum absolute atomic E-state index is 12.8. The molecule has 1 aliphatic carbocycles.